The third-order valence-electron chi connectivity index (χ3n) is 2.00. The largest absolute Gasteiger partial charge is 0.480 e. The van der Waals surface area contributed by atoms with Crippen molar-refractivity contribution in [1.29, 1.82) is 0 Å². The third-order valence-corrected chi connectivity index (χ3v) is 2.00. The van der Waals surface area contributed by atoms with Crippen molar-refractivity contribution >= 4 is 17.7 Å². The molecule has 7 nitrogen and oxygen atoms in total. The number of nitrogens with zero attached hydrogens (tertiary/aromatic N) is 1. The summed E-state index contributed by atoms with van der Waals surface area (Å²) in [7, 11) is 1.39. The smallest absolute Gasteiger partial charge is 0.328 e. The minimum atomic E-state index is -1.07. The second kappa shape index (κ2) is 5.80. The van der Waals surface area contributed by atoms with E-state index in [2.05, 4.69) is 10.3 Å². The first-order valence-electron chi connectivity index (χ1n) is 4.78. The summed E-state index contributed by atoms with van der Waals surface area (Å²) in [4.78, 5) is 25.7. The highest BCUT2D eigenvalue weighted by Gasteiger charge is 2.17. The van der Waals surface area contributed by atoms with Crippen LogP contribution in [0.1, 0.15) is 10.4 Å². The number of aromatic nitrogens is 1. The molecule has 0 saturated heterocycles. The molecule has 0 aliphatic carbocycles. The molecule has 0 aliphatic heterocycles. The maximum Gasteiger partial charge on any atom is 0.328 e. The van der Waals surface area contributed by atoms with Gasteiger partial charge in [0.25, 0.3) is 0 Å². The highest BCUT2D eigenvalue weighted by atomic mass is 16.5. The lowest BCUT2D eigenvalue weighted by Crippen LogP contribution is -2.34. The van der Waals surface area contributed by atoms with Crippen LogP contribution in [0.4, 0.5) is 5.82 Å². The molecule has 17 heavy (non-hydrogen) atoms. The Kier molecular flexibility index (Phi) is 4.41. The fourth-order valence-electron chi connectivity index (χ4n) is 1.18. The summed E-state index contributed by atoms with van der Waals surface area (Å²) in [5, 5.41) is 11.5. The van der Waals surface area contributed by atoms with E-state index in [1.165, 1.54) is 25.4 Å². The molecule has 0 spiro atoms. The maximum atomic E-state index is 10.9. The van der Waals surface area contributed by atoms with Crippen molar-refractivity contribution < 1.29 is 19.4 Å². The molecular formula is C10H13N3O4. The van der Waals surface area contributed by atoms with Crippen LogP contribution >= 0.6 is 0 Å². The summed E-state index contributed by atoms with van der Waals surface area (Å²) in [5.41, 5.74) is 5.35. The Morgan fingerprint density at radius 1 is 1.65 bits per heavy atom. The molecule has 1 rings (SSSR count). The van der Waals surface area contributed by atoms with Gasteiger partial charge in [0.15, 0.2) is 0 Å². The first kappa shape index (κ1) is 12.9. The van der Waals surface area contributed by atoms with E-state index < -0.39 is 17.9 Å². The van der Waals surface area contributed by atoms with Gasteiger partial charge in [-0.25, -0.2) is 9.78 Å². The second-order valence-electron chi connectivity index (χ2n) is 3.28. The Hall–Kier alpha value is -2.15. The summed E-state index contributed by atoms with van der Waals surface area (Å²) >= 11 is 0. The van der Waals surface area contributed by atoms with Crippen LogP contribution in [0.2, 0.25) is 0 Å². The number of carbonyl (C=O) groups is 2. The number of rotatable bonds is 6. The molecule has 1 heterocycles. The van der Waals surface area contributed by atoms with Crippen LogP contribution in [0.15, 0.2) is 18.3 Å². The zero-order valence-electron chi connectivity index (χ0n) is 9.21. The molecule has 4 N–H and O–H groups in total. The van der Waals surface area contributed by atoms with Gasteiger partial charge in [0.05, 0.1) is 6.61 Å². The van der Waals surface area contributed by atoms with Gasteiger partial charge in [-0.15, -0.1) is 0 Å². The molecule has 0 bridgehead atoms. The summed E-state index contributed by atoms with van der Waals surface area (Å²) in [6.45, 7) is -0.0161. The monoisotopic (exact) mass is 239 g/mol. The number of carbonyl (C=O) groups excluding carboxylic acids is 1. The van der Waals surface area contributed by atoms with Gasteiger partial charge < -0.3 is 20.9 Å². The van der Waals surface area contributed by atoms with Crippen LogP contribution in [-0.4, -0.2) is 41.7 Å². The summed E-state index contributed by atoms with van der Waals surface area (Å²) in [6.07, 6.45) is 1.37. The molecule has 7 heteroatoms. The van der Waals surface area contributed by atoms with E-state index in [9.17, 15) is 9.59 Å². The number of pyridine rings is 1. The Balaban J connectivity index is 2.82. The molecule has 1 amide bonds. The van der Waals surface area contributed by atoms with Crippen LogP contribution in [0.5, 0.6) is 0 Å². The molecule has 0 radical (unpaired) electrons. The van der Waals surface area contributed by atoms with Crippen LogP contribution in [0.3, 0.4) is 0 Å². The molecule has 92 valence electrons. The van der Waals surface area contributed by atoms with E-state index in [-0.39, 0.29) is 18.0 Å². The Labute approximate surface area is 97.6 Å². The lowest BCUT2D eigenvalue weighted by Gasteiger charge is -2.14. The number of anilines is 1. The first-order valence-corrected chi connectivity index (χ1v) is 4.78. The van der Waals surface area contributed by atoms with Crippen LogP contribution in [0.25, 0.3) is 0 Å². The molecule has 1 unspecified atom stereocenters. The molecular weight excluding hydrogens is 226 g/mol. The fraction of sp³-hybridized carbons (Fsp3) is 0.300. The number of nitrogens with two attached hydrogens (primary N) is 1. The number of aliphatic carboxylic acids is 1. The number of amides is 1. The van der Waals surface area contributed by atoms with Crippen molar-refractivity contribution in [3.63, 3.8) is 0 Å². The molecule has 0 fully saturated rings. The highest BCUT2D eigenvalue weighted by molar-refractivity contribution is 5.93. The van der Waals surface area contributed by atoms with Gasteiger partial charge >= 0.3 is 5.97 Å². The summed E-state index contributed by atoms with van der Waals surface area (Å²) in [6, 6.07) is 1.89. The van der Waals surface area contributed by atoms with Gasteiger partial charge in [0.2, 0.25) is 5.91 Å². The van der Waals surface area contributed by atoms with Crippen LogP contribution in [0, 0.1) is 0 Å². The Morgan fingerprint density at radius 2 is 2.35 bits per heavy atom. The molecule has 1 aromatic rings. The number of nitrogens with one attached hydrogen (secondary N) is 1. The first-order chi connectivity index (χ1) is 8.04. The van der Waals surface area contributed by atoms with Crippen molar-refractivity contribution in [3.8, 4) is 0 Å². The normalized spacial score (nSPS) is 11.8. The molecule has 0 aliphatic rings. The quantitative estimate of drug-likeness (QED) is 0.627. The van der Waals surface area contributed by atoms with Crippen LogP contribution < -0.4 is 11.1 Å². The Morgan fingerprint density at radius 3 is 2.88 bits per heavy atom. The Bertz CT molecular complexity index is 422. The molecule has 1 aromatic heterocycles. The fourth-order valence-corrected chi connectivity index (χ4v) is 1.18. The SMILES string of the molecule is COCC(Nc1cc(C(N)=O)ccn1)C(=O)O. The lowest BCUT2D eigenvalue weighted by molar-refractivity contribution is -0.139. The number of ether oxygens (including phenoxy) is 1. The van der Waals surface area contributed by atoms with Crippen molar-refractivity contribution in [2.45, 2.75) is 6.04 Å². The topological polar surface area (TPSA) is 115 Å². The zero-order valence-corrected chi connectivity index (χ0v) is 9.21. The minimum absolute atomic E-state index is 0.0161. The summed E-state index contributed by atoms with van der Waals surface area (Å²) in [5.74, 6) is -1.42. The number of hydrogen-bond acceptors (Lipinski definition) is 5. The van der Waals surface area contributed by atoms with E-state index in [0.29, 0.717) is 0 Å². The van der Waals surface area contributed by atoms with Gasteiger partial charge in [-0.1, -0.05) is 0 Å². The number of hydrogen-bond donors (Lipinski definition) is 3. The number of carboxylic acids is 1. The van der Waals surface area contributed by atoms with Crippen LogP contribution in [-0.2, 0) is 9.53 Å². The van der Waals surface area contributed by atoms with Crippen molar-refractivity contribution in [2.24, 2.45) is 5.73 Å². The van der Waals surface area contributed by atoms with Gasteiger partial charge in [-0.05, 0) is 12.1 Å². The number of carboxylic acid groups (broad SMARTS) is 1. The highest BCUT2D eigenvalue weighted by Crippen LogP contribution is 2.08. The van der Waals surface area contributed by atoms with Gasteiger partial charge in [0.1, 0.15) is 11.9 Å². The van der Waals surface area contributed by atoms with Crippen molar-refractivity contribution in [3.05, 3.63) is 23.9 Å². The average Bonchev–Trinajstić information content (AvgIpc) is 2.28. The predicted molar refractivity (Wildman–Crippen MR) is 59.7 cm³/mol. The summed E-state index contributed by atoms with van der Waals surface area (Å²) < 4.78 is 4.75. The third kappa shape index (κ3) is 3.72. The van der Waals surface area contributed by atoms with Crippen molar-refractivity contribution in [2.75, 3.05) is 19.0 Å². The molecule has 0 aromatic carbocycles. The van der Waals surface area contributed by atoms with E-state index in [1.807, 2.05) is 0 Å². The minimum Gasteiger partial charge on any atom is -0.480 e. The van der Waals surface area contributed by atoms with E-state index in [0.717, 1.165) is 0 Å². The number of primary amides is 1. The zero-order chi connectivity index (χ0) is 12.8. The average molecular weight is 239 g/mol. The van der Waals surface area contributed by atoms with E-state index in [1.54, 1.807) is 0 Å². The van der Waals surface area contributed by atoms with Gasteiger partial charge in [-0.2, -0.15) is 0 Å². The number of methoxy groups -OCH3 is 1. The molecule has 1 atom stereocenters. The van der Waals surface area contributed by atoms with E-state index in [4.69, 9.17) is 15.6 Å². The van der Waals surface area contributed by atoms with E-state index >= 15 is 0 Å². The van der Waals surface area contributed by atoms with Gasteiger partial charge in [0, 0.05) is 18.9 Å². The van der Waals surface area contributed by atoms with Crippen molar-refractivity contribution in [1.82, 2.24) is 4.98 Å². The standard InChI is InChI=1S/C10H13N3O4/c1-17-5-7(10(15)16)13-8-4-6(9(11)14)2-3-12-8/h2-4,7H,5H2,1H3,(H2,11,14)(H,12,13)(H,15,16). The maximum absolute atomic E-state index is 10.9. The lowest BCUT2D eigenvalue weighted by atomic mass is 10.2. The molecule has 0 saturated carbocycles. The second-order valence-corrected chi connectivity index (χ2v) is 3.28. The predicted octanol–water partition coefficient (Wildman–Crippen LogP) is -0.308. The van der Waals surface area contributed by atoms with Gasteiger partial charge in [-0.3, -0.25) is 4.79 Å².